The van der Waals surface area contributed by atoms with E-state index in [1.165, 1.54) is 43.5 Å². The maximum absolute atomic E-state index is 14.0. The van der Waals surface area contributed by atoms with Gasteiger partial charge in [-0.3, -0.25) is 4.79 Å². The minimum absolute atomic E-state index is 0.0662. The highest BCUT2D eigenvalue weighted by Gasteiger charge is 2.40. The number of halogens is 4. The van der Waals surface area contributed by atoms with Gasteiger partial charge in [0, 0.05) is 22.0 Å². The molecule has 0 radical (unpaired) electrons. The van der Waals surface area contributed by atoms with Gasteiger partial charge in [0.25, 0.3) is 0 Å². The highest BCUT2D eigenvalue weighted by Crippen LogP contribution is 2.40. The lowest BCUT2D eigenvalue weighted by Crippen LogP contribution is -2.16. The largest absolute Gasteiger partial charge is 0.496 e. The predicted octanol–water partition coefficient (Wildman–Crippen LogP) is 7.11. The number of furan rings is 1. The zero-order valence-electron chi connectivity index (χ0n) is 18.3. The molecule has 0 aliphatic carbocycles. The van der Waals surface area contributed by atoms with E-state index < -0.39 is 34.5 Å². The monoisotopic (exact) mass is 514 g/mol. The van der Waals surface area contributed by atoms with Gasteiger partial charge in [-0.2, -0.15) is 13.2 Å². The average molecular weight is 515 g/mol. The molecule has 0 saturated carbocycles. The fourth-order valence-corrected chi connectivity index (χ4v) is 3.99. The average Bonchev–Trinajstić information content (AvgIpc) is 3.27. The van der Waals surface area contributed by atoms with Crippen LogP contribution in [0, 0.1) is 0 Å². The summed E-state index contributed by atoms with van der Waals surface area (Å²) in [5.74, 6) is -2.61. The minimum Gasteiger partial charge on any atom is -0.496 e. The van der Waals surface area contributed by atoms with Gasteiger partial charge >= 0.3 is 12.1 Å². The zero-order chi connectivity index (χ0) is 25.6. The van der Waals surface area contributed by atoms with Gasteiger partial charge in [0.2, 0.25) is 16.9 Å². The molecule has 0 fully saturated rings. The molecule has 10 heteroatoms. The Morgan fingerprint density at radius 2 is 1.72 bits per heavy atom. The predicted molar refractivity (Wildman–Crippen MR) is 126 cm³/mol. The molecule has 2 heterocycles. The summed E-state index contributed by atoms with van der Waals surface area (Å²) in [5, 5.41) is 0.875. The number of para-hydroxylation sites is 1. The first-order valence-corrected chi connectivity index (χ1v) is 10.8. The van der Waals surface area contributed by atoms with Gasteiger partial charge in [0.15, 0.2) is 0 Å². The van der Waals surface area contributed by atoms with E-state index in [-0.39, 0.29) is 28.2 Å². The Hall–Kier alpha value is -4.24. The third-order valence-corrected chi connectivity index (χ3v) is 5.62. The smallest absolute Gasteiger partial charge is 0.450 e. The van der Waals surface area contributed by atoms with Gasteiger partial charge in [-0.05, 0) is 42.5 Å². The molecule has 0 aliphatic heterocycles. The van der Waals surface area contributed by atoms with Crippen LogP contribution in [0.2, 0.25) is 5.02 Å². The van der Waals surface area contributed by atoms with Gasteiger partial charge in [-0.1, -0.05) is 29.8 Å². The van der Waals surface area contributed by atoms with E-state index in [0.717, 1.165) is 6.07 Å². The molecule has 0 unspecified atom stereocenters. The van der Waals surface area contributed by atoms with Crippen LogP contribution >= 0.6 is 11.6 Å². The number of methoxy groups -OCH3 is 1. The Kier molecular flexibility index (Phi) is 5.72. The number of benzene rings is 3. The van der Waals surface area contributed by atoms with Crippen molar-refractivity contribution in [3.8, 4) is 22.6 Å². The van der Waals surface area contributed by atoms with Crippen LogP contribution in [0.3, 0.4) is 0 Å². The van der Waals surface area contributed by atoms with Crippen molar-refractivity contribution in [2.75, 3.05) is 7.11 Å². The van der Waals surface area contributed by atoms with Gasteiger partial charge in [0.05, 0.1) is 18.1 Å². The number of carbonyl (C=O) groups excluding carboxylic acids is 1. The summed E-state index contributed by atoms with van der Waals surface area (Å²) in [6, 6.07) is 15.5. The maximum Gasteiger partial charge on any atom is 0.450 e. The molecule has 0 aliphatic rings. The van der Waals surface area contributed by atoms with Gasteiger partial charge in [0.1, 0.15) is 22.7 Å². The molecule has 0 atom stereocenters. The maximum atomic E-state index is 14.0. The molecule has 0 N–H and O–H groups in total. The normalized spacial score (nSPS) is 11.7. The Labute approximate surface area is 205 Å². The first-order chi connectivity index (χ1) is 17.2. The quantitative estimate of drug-likeness (QED) is 0.188. The van der Waals surface area contributed by atoms with E-state index in [4.69, 9.17) is 29.9 Å². The van der Waals surface area contributed by atoms with Crippen LogP contribution < -0.4 is 14.9 Å². The first kappa shape index (κ1) is 23.5. The Balaban J connectivity index is 1.58. The number of ether oxygens (including phenoxy) is 2. The van der Waals surface area contributed by atoms with Crippen LogP contribution in [0.25, 0.3) is 33.1 Å². The van der Waals surface area contributed by atoms with Crippen molar-refractivity contribution < 1.29 is 36.3 Å². The third kappa shape index (κ3) is 4.18. The van der Waals surface area contributed by atoms with Crippen molar-refractivity contribution in [2.24, 2.45) is 0 Å². The number of hydrogen-bond donors (Lipinski definition) is 0. The third-order valence-electron chi connectivity index (χ3n) is 5.39. The molecule has 0 spiro atoms. The van der Waals surface area contributed by atoms with Crippen molar-refractivity contribution in [1.82, 2.24) is 0 Å². The number of rotatable bonds is 4. The Morgan fingerprint density at radius 3 is 2.47 bits per heavy atom. The second-order valence-electron chi connectivity index (χ2n) is 7.67. The number of carbonyl (C=O) groups is 1. The van der Waals surface area contributed by atoms with Crippen LogP contribution in [0.5, 0.6) is 11.5 Å². The van der Waals surface area contributed by atoms with Crippen LogP contribution in [0.1, 0.15) is 16.3 Å². The molecule has 5 rings (SSSR count). The minimum atomic E-state index is -4.99. The summed E-state index contributed by atoms with van der Waals surface area (Å²) in [7, 11) is 1.28. The van der Waals surface area contributed by atoms with E-state index in [1.54, 1.807) is 24.3 Å². The molecule has 0 saturated heterocycles. The molecule has 0 amide bonds. The molecule has 5 aromatic rings. The number of hydrogen-bond acceptors (Lipinski definition) is 6. The Bertz CT molecular complexity index is 1700. The SMILES string of the molecule is COc1ccccc1-c1c(C(F)(F)F)oc2cc(OC(=O)c3cc4cc(Cl)ccc4o3)ccc2c1=O. The molecule has 36 heavy (non-hydrogen) atoms. The van der Waals surface area contributed by atoms with E-state index in [1.807, 2.05) is 0 Å². The Morgan fingerprint density at radius 1 is 0.944 bits per heavy atom. The zero-order valence-corrected chi connectivity index (χ0v) is 19.1. The van der Waals surface area contributed by atoms with Crippen molar-refractivity contribution >= 4 is 39.5 Å². The van der Waals surface area contributed by atoms with E-state index in [0.29, 0.717) is 16.0 Å². The highest BCUT2D eigenvalue weighted by molar-refractivity contribution is 6.31. The summed E-state index contributed by atoms with van der Waals surface area (Å²) in [6.07, 6.45) is -4.99. The van der Waals surface area contributed by atoms with E-state index in [2.05, 4.69) is 0 Å². The lowest BCUT2D eigenvalue weighted by atomic mass is 10.0. The van der Waals surface area contributed by atoms with Gasteiger partial charge in [-0.15, -0.1) is 0 Å². The van der Waals surface area contributed by atoms with Crippen LogP contribution in [-0.2, 0) is 6.18 Å². The van der Waals surface area contributed by atoms with Gasteiger partial charge in [-0.25, -0.2) is 4.79 Å². The first-order valence-electron chi connectivity index (χ1n) is 10.4. The molecule has 0 bridgehead atoms. The van der Waals surface area contributed by atoms with Crippen molar-refractivity contribution in [2.45, 2.75) is 6.18 Å². The molecular weight excluding hydrogens is 501 g/mol. The fraction of sp³-hybridized carbons (Fsp3) is 0.0769. The summed E-state index contributed by atoms with van der Waals surface area (Å²) < 4.78 is 62.9. The second-order valence-corrected chi connectivity index (χ2v) is 8.11. The standard InChI is InChI=1S/C26H14ClF3O6/c1-33-19-5-3-2-4-16(19)22-23(31)17-8-7-15(12-20(17)36-24(22)26(28,29)30)34-25(32)21-11-13-10-14(27)6-9-18(13)35-21/h2-12H,1H3. The topological polar surface area (TPSA) is 78.9 Å². The number of fused-ring (bicyclic) bond motifs is 2. The molecule has 2 aromatic heterocycles. The summed E-state index contributed by atoms with van der Waals surface area (Å²) >= 11 is 5.94. The second kappa shape index (κ2) is 8.76. The number of alkyl halides is 3. The molecule has 182 valence electrons. The van der Waals surface area contributed by atoms with Crippen LogP contribution in [0.15, 0.2) is 80.4 Å². The van der Waals surface area contributed by atoms with Gasteiger partial charge < -0.3 is 18.3 Å². The summed E-state index contributed by atoms with van der Waals surface area (Å²) in [5.41, 5.74) is -1.68. The lowest BCUT2D eigenvalue weighted by Gasteiger charge is -2.15. The summed E-state index contributed by atoms with van der Waals surface area (Å²) in [6.45, 7) is 0. The van der Waals surface area contributed by atoms with Crippen LogP contribution in [-0.4, -0.2) is 13.1 Å². The molecular formula is C26H14ClF3O6. The fourth-order valence-electron chi connectivity index (χ4n) is 3.80. The lowest BCUT2D eigenvalue weighted by molar-refractivity contribution is -0.152. The highest BCUT2D eigenvalue weighted by atomic mass is 35.5. The number of esters is 1. The van der Waals surface area contributed by atoms with Crippen molar-refractivity contribution in [1.29, 1.82) is 0 Å². The van der Waals surface area contributed by atoms with E-state index >= 15 is 0 Å². The van der Waals surface area contributed by atoms with Crippen LogP contribution in [0.4, 0.5) is 13.2 Å². The summed E-state index contributed by atoms with van der Waals surface area (Å²) in [4.78, 5) is 25.8. The van der Waals surface area contributed by atoms with Crippen molar-refractivity contribution in [3.05, 3.63) is 93.5 Å². The molecule has 3 aromatic carbocycles. The van der Waals surface area contributed by atoms with Crippen molar-refractivity contribution in [3.63, 3.8) is 0 Å². The van der Waals surface area contributed by atoms with E-state index in [9.17, 15) is 22.8 Å². The molecule has 6 nitrogen and oxygen atoms in total.